The van der Waals surface area contributed by atoms with Crippen molar-refractivity contribution in [3.63, 3.8) is 0 Å². The van der Waals surface area contributed by atoms with Crippen LogP contribution in [0.4, 0.5) is 5.69 Å². The smallest absolute Gasteiger partial charge is 0.244 e. The second-order valence-electron chi connectivity index (χ2n) is 5.57. The Morgan fingerprint density at radius 3 is 2.72 bits per heavy atom. The zero-order chi connectivity index (χ0) is 17.5. The lowest BCUT2D eigenvalue weighted by Crippen LogP contribution is -2.39. The normalized spacial score (nSPS) is 14.3. The van der Waals surface area contributed by atoms with Crippen molar-refractivity contribution in [3.05, 3.63) is 42.7 Å². The molecule has 132 valence electrons. The Labute approximate surface area is 155 Å². The Morgan fingerprint density at radius 1 is 1.20 bits per heavy atom. The van der Waals surface area contributed by atoms with Crippen LogP contribution in [0.1, 0.15) is 0 Å². The first-order valence-corrected chi connectivity index (χ1v) is 10.2. The molecule has 1 aromatic heterocycles. The highest BCUT2D eigenvalue weighted by Crippen LogP contribution is 2.17. The van der Waals surface area contributed by atoms with E-state index in [0.717, 1.165) is 29.5 Å². The van der Waals surface area contributed by atoms with E-state index in [4.69, 9.17) is 0 Å². The predicted molar refractivity (Wildman–Crippen MR) is 102 cm³/mol. The van der Waals surface area contributed by atoms with Crippen molar-refractivity contribution in [3.8, 4) is 0 Å². The number of thioether (sulfide) groups is 2. The zero-order valence-corrected chi connectivity index (χ0v) is 15.4. The Morgan fingerprint density at radius 2 is 1.96 bits per heavy atom. The number of nitrogens with zero attached hydrogens (tertiary/aromatic N) is 3. The molecule has 0 saturated carbocycles. The van der Waals surface area contributed by atoms with Crippen LogP contribution in [0, 0.1) is 0 Å². The van der Waals surface area contributed by atoms with Gasteiger partial charge in [-0.3, -0.25) is 14.3 Å². The molecule has 1 aromatic carbocycles. The molecule has 3 rings (SSSR count). The first-order valence-electron chi connectivity index (χ1n) is 8.06. The maximum atomic E-state index is 12.2. The Hall–Kier alpha value is -1.93. The number of aromatic nitrogens is 2. The first kappa shape index (κ1) is 17.9. The number of carbonyl (C=O) groups excluding carboxylic acids is 2. The number of benzene rings is 1. The van der Waals surface area contributed by atoms with Gasteiger partial charge in [-0.15, -0.1) is 11.8 Å². The molecule has 25 heavy (non-hydrogen) atoms. The molecule has 0 aliphatic carbocycles. The number of carbonyl (C=O) groups is 2. The number of hydrogen-bond acceptors (Lipinski definition) is 5. The van der Waals surface area contributed by atoms with E-state index in [1.807, 2.05) is 47.0 Å². The monoisotopic (exact) mass is 376 g/mol. The van der Waals surface area contributed by atoms with Crippen molar-refractivity contribution >= 4 is 41.0 Å². The molecule has 6 nitrogen and oxygen atoms in total. The standard InChI is InChI=1S/C17H20N4O2S2/c22-16(13-25-15-4-2-1-3-5-15)19-14-10-18-21(11-14)12-17(23)20-6-8-24-9-7-20/h1-5,10-11H,6-9,12-13H2,(H,19,22). The van der Waals surface area contributed by atoms with E-state index in [0.29, 0.717) is 11.4 Å². The van der Waals surface area contributed by atoms with Crippen LogP contribution in [-0.4, -0.2) is 56.8 Å². The van der Waals surface area contributed by atoms with E-state index in [2.05, 4.69) is 10.4 Å². The third-order valence-electron chi connectivity index (χ3n) is 3.69. The number of amides is 2. The van der Waals surface area contributed by atoms with Crippen LogP contribution in [0.15, 0.2) is 47.6 Å². The first-order chi connectivity index (χ1) is 12.2. The van der Waals surface area contributed by atoms with E-state index in [1.165, 1.54) is 11.8 Å². The number of rotatable bonds is 6. The van der Waals surface area contributed by atoms with Crippen molar-refractivity contribution in [2.24, 2.45) is 0 Å². The Balaban J connectivity index is 1.46. The largest absolute Gasteiger partial charge is 0.339 e. The van der Waals surface area contributed by atoms with Crippen LogP contribution in [0.25, 0.3) is 0 Å². The van der Waals surface area contributed by atoms with E-state index in [9.17, 15) is 9.59 Å². The van der Waals surface area contributed by atoms with Gasteiger partial charge in [0.15, 0.2) is 0 Å². The van der Waals surface area contributed by atoms with Crippen LogP contribution >= 0.6 is 23.5 Å². The third-order valence-corrected chi connectivity index (χ3v) is 5.65. The zero-order valence-electron chi connectivity index (χ0n) is 13.8. The lowest BCUT2D eigenvalue weighted by atomic mass is 10.4. The number of nitrogens with one attached hydrogen (secondary N) is 1. The summed E-state index contributed by atoms with van der Waals surface area (Å²) < 4.78 is 1.57. The quantitative estimate of drug-likeness (QED) is 0.783. The van der Waals surface area contributed by atoms with Crippen molar-refractivity contribution in [1.82, 2.24) is 14.7 Å². The summed E-state index contributed by atoms with van der Waals surface area (Å²) in [5.41, 5.74) is 0.612. The highest BCUT2D eigenvalue weighted by molar-refractivity contribution is 8.00. The molecule has 8 heteroatoms. The van der Waals surface area contributed by atoms with Crippen LogP contribution in [0.5, 0.6) is 0 Å². The van der Waals surface area contributed by atoms with Gasteiger partial charge in [-0.25, -0.2) is 0 Å². The van der Waals surface area contributed by atoms with E-state index in [-0.39, 0.29) is 18.4 Å². The maximum Gasteiger partial charge on any atom is 0.244 e. The summed E-state index contributed by atoms with van der Waals surface area (Å²) in [5.74, 6) is 2.30. The van der Waals surface area contributed by atoms with Gasteiger partial charge in [0.05, 0.1) is 17.6 Å². The van der Waals surface area contributed by atoms with Gasteiger partial charge in [0.2, 0.25) is 11.8 Å². The summed E-state index contributed by atoms with van der Waals surface area (Å²) >= 11 is 3.35. The summed E-state index contributed by atoms with van der Waals surface area (Å²) in [6.45, 7) is 1.80. The molecule has 1 aliphatic heterocycles. The number of anilines is 1. The summed E-state index contributed by atoms with van der Waals surface area (Å²) in [4.78, 5) is 27.2. The topological polar surface area (TPSA) is 67.2 Å². The minimum absolute atomic E-state index is 0.0703. The molecule has 2 aromatic rings. The van der Waals surface area contributed by atoms with Crippen LogP contribution < -0.4 is 5.32 Å². The van der Waals surface area contributed by atoms with Gasteiger partial charge in [-0.05, 0) is 12.1 Å². The summed E-state index contributed by atoms with van der Waals surface area (Å²) in [5, 5.41) is 6.98. The Kier molecular flexibility index (Phi) is 6.41. The maximum absolute atomic E-state index is 12.2. The molecular formula is C17H20N4O2S2. The summed E-state index contributed by atoms with van der Waals surface area (Å²) in [6, 6.07) is 9.79. The third kappa shape index (κ3) is 5.54. The minimum atomic E-state index is -0.0900. The summed E-state index contributed by atoms with van der Waals surface area (Å²) in [7, 11) is 0. The highest BCUT2D eigenvalue weighted by atomic mass is 32.2. The lowest BCUT2D eigenvalue weighted by molar-refractivity contribution is -0.131. The van der Waals surface area contributed by atoms with E-state index >= 15 is 0 Å². The molecule has 2 heterocycles. The average molecular weight is 377 g/mol. The van der Waals surface area contributed by atoms with Crippen molar-refractivity contribution < 1.29 is 9.59 Å². The van der Waals surface area contributed by atoms with Gasteiger partial charge in [-0.2, -0.15) is 16.9 Å². The fourth-order valence-electron chi connectivity index (χ4n) is 2.43. The van der Waals surface area contributed by atoms with Crippen molar-refractivity contribution in [2.75, 3.05) is 35.7 Å². The second kappa shape index (κ2) is 8.96. The molecule has 1 N–H and O–H groups in total. The van der Waals surface area contributed by atoms with Crippen LogP contribution in [0.2, 0.25) is 0 Å². The predicted octanol–water partition coefficient (Wildman–Crippen LogP) is 2.19. The molecule has 0 atom stereocenters. The fourth-order valence-corrected chi connectivity index (χ4v) is 4.05. The molecule has 0 bridgehead atoms. The van der Waals surface area contributed by atoms with Gasteiger partial charge >= 0.3 is 0 Å². The second-order valence-corrected chi connectivity index (χ2v) is 7.84. The Bertz CT molecular complexity index is 714. The van der Waals surface area contributed by atoms with Crippen molar-refractivity contribution in [1.29, 1.82) is 0 Å². The van der Waals surface area contributed by atoms with Gasteiger partial charge in [0.25, 0.3) is 0 Å². The molecule has 1 fully saturated rings. The fraction of sp³-hybridized carbons (Fsp3) is 0.353. The van der Waals surface area contributed by atoms with Gasteiger partial charge in [-0.1, -0.05) is 18.2 Å². The molecule has 0 spiro atoms. The SMILES string of the molecule is O=C(CSc1ccccc1)Nc1cnn(CC(=O)N2CCSCC2)c1. The summed E-state index contributed by atoms with van der Waals surface area (Å²) in [6.07, 6.45) is 3.27. The average Bonchev–Trinajstić information content (AvgIpc) is 3.08. The molecule has 1 saturated heterocycles. The van der Waals surface area contributed by atoms with Crippen LogP contribution in [0.3, 0.4) is 0 Å². The van der Waals surface area contributed by atoms with Gasteiger partial charge in [0.1, 0.15) is 6.54 Å². The van der Waals surface area contributed by atoms with Crippen molar-refractivity contribution in [2.45, 2.75) is 11.4 Å². The number of hydrogen-bond donors (Lipinski definition) is 1. The van der Waals surface area contributed by atoms with Gasteiger partial charge < -0.3 is 10.2 Å². The van der Waals surface area contributed by atoms with E-state index < -0.39 is 0 Å². The minimum Gasteiger partial charge on any atom is -0.339 e. The molecular weight excluding hydrogens is 356 g/mol. The molecule has 1 aliphatic rings. The lowest BCUT2D eigenvalue weighted by Gasteiger charge is -2.26. The van der Waals surface area contributed by atoms with Gasteiger partial charge in [0, 0.05) is 35.7 Å². The highest BCUT2D eigenvalue weighted by Gasteiger charge is 2.17. The van der Waals surface area contributed by atoms with E-state index in [1.54, 1.807) is 17.1 Å². The van der Waals surface area contributed by atoms with Crippen LogP contribution in [-0.2, 0) is 16.1 Å². The molecule has 0 radical (unpaired) electrons. The molecule has 0 unspecified atom stereocenters. The molecule has 2 amide bonds.